The van der Waals surface area contributed by atoms with Crippen molar-refractivity contribution in [3.8, 4) is 0 Å². The largest absolute Gasteiger partial charge is 0.395 e. The van der Waals surface area contributed by atoms with E-state index in [1.807, 2.05) is 0 Å². The first-order valence-corrected chi connectivity index (χ1v) is 5.93. The second kappa shape index (κ2) is 5.07. The van der Waals surface area contributed by atoms with Crippen LogP contribution in [0.1, 0.15) is 12.8 Å². The summed E-state index contributed by atoms with van der Waals surface area (Å²) in [5, 5.41) is 19.7. The Bertz CT molecular complexity index is 480. The number of rotatable bonds is 5. The summed E-state index contributed by atoms with van der Waals surface area (Å²) >= 11 is 5.56. The number of halogens is 2. The molecule has 0 heterocycles. The average molecular weight is 275 g/mol. The van der Waals surface area contributed by atoms with Crippen molar-refractivity contribution in [1.82, 2.24) is 0 Å². The normalized spacial score (nSPS) is 14.6. The molecule has 0 aromatic heterocycles. The topological polar surface area (TPSA) is 66.6 Å². The van der Waals surface area contributed by atoms with Gasteiger partial charge in [0.15, 0.2) is 0 Å². The molecule has 0 radical (unpaired) electrons. The molecule has 1 aliphatic rings. The number of aliphatic hydroxyl groups is 1. The van der Waals surface area contributed by atoms with E-state index in [0.29, 0.717) is 0 Å². The van der Waals surface area contributed by atoms with Crippen LogP contribution in [0, 0.1) is 15.9 Å². The van der Waals surface area contributed by atoms with Crippen molar-refractivity contribution in [3.05, 3.63) is 33.1 Å². The van der Waals surface area contributed by atoms with Gasteiger partial charge in [0.05, 0.1) is 16.6 Å². The zero-order chi connectivity index (χ0) is 13.3. The van der Waals surface area contributed by atoms with Crippen LogP contribution in [0.3, 0.4) is 0 Å². The van der Waals surface area contributed by atoms with Crippen molar-refractivity contribution >= 4 is 23.0 Å². The van der Waals surface area contributed by atoms with Gasteiger partial charge in [0.25, 0.3) is 5.69 Å². The zero-order valence-electron chi connectivity index (χ0n) is 9.47. The first kappa shape index (κ1) is 13.0. The molecule has 2 rings (SSSR count). The Morgan fingerprint density at radius 3 is 2.72 bits per heavy atom. The van der Waals surface area contributed by atoms with E-state index in [0.717, 1.165) is 25.0 Å². The molecule has 0 aliphatic heterocycles. The van der Waals surface area contributed by atoms with Crippen molar-refractivity contribution in [2.45, 2.75) is 18.9 Å². The number of nitro groups is 1. The molecule has 7 heteroatoms. The zero-order valence-corrected chi connectivity index (χ0v) is 10.2. The first-order valence-electron chi connectivity index (χ1n) is 5.55. The summed E-state index contributed by atoms with van der Waals surface area (Å²) in [5.41, 5.74) is -0.0554. The molecule has 98 valence electrons. The van der Waals surface area contributed by atoms with Crippen LogP contribution >= 0.6 is 11.6 Å². The van der Waals surface area contributed by atoms with Crippen LogP contribution in [0.5, 0.6) is 0 Å². The SMILES string of the molecule is O=[N+]([O-])c1cc(Cl)c(F)cc1N(CCO)C1CC1. The van der Waals surface area contributed by atoms with Crippen LogP contribution in [0.4, 0.5) is 15.8 Å². The third kappa shape index (κ3) is 2.54. The predicted octanol–water partition coefficient (Wildman–Crippen LogP) is 2.35. The van der Waals surface area contributed by atoms with Gasteiger partial charge in [0, 0.05) is 24.7 Å². The van der Waals surface area contributed by atoms with Crippen molar-refractivity contribution < 1.29 is 14.4 Å². The molecule has 18 heavy (non-hydrogen) atoms. The molecule has 5 nitrogen and oxygen atoms in total. The van der Waals surface area contributed by atoms with Gasteiger partial charge >= 0.3 is 0 Å². The van der Waals surface area contributed by atoms with Gasteiger partial charge in [-0.25, -0.2) is 4.39 Å². The standard InChI is InChI=1S/C11H12ClFN2O3/c12-8-5-11(15(17)18)10(6-9(8)13)14(3-4-16)7-1-2-7/h5-7,16H,1-4H2. The molecule has 1 N–H and O–H groups in total. The van der Waals surface area contributed by atoms with E-state index in [4.69, 9.17) is 16.7 Å². The molecular weight excluding hydrogens is 263 g/mol. The lowest BCUT2D eigenvalue weighted by Gasteiger charge is -2.23. The number of aliphatic hydroxyl groups excluding tert-OH is 1. The van der Waals surface area contributed by atoms with Gasteiger partial charge in [-0.2, -0.15) is 0 Å². The van der Waals surface area contributed by atoms with Gasteiger partial charge in [-0.3, -0.25) is 10.1 Å². The lowest BCUT2D eigenvalue weighted by molar-refractivity contribution is -0.384. The van der Waals surface area contributed by atoms with E-state index in [9.17, 15) is 14.5 Å². The minimum Gasteiger partial charge on any atom is -0.395 e. The van der Waals surface area contributed by atoms with E-state index in [1.54, 1.807) is 4.90 Å². The lowest BCUT2D eigenvalue weighted by Crippen LogP contribution is -2.29. The summed E-state index contributed by atoms with van der Waals surface area (Å²) in [6, 6.07) is 2.21. The number of anilines is 1. The highest BCUT2D eigenvalue weighted by Gasteiger charge is 2.33. The van der Waals surface area contributed by atoms with Gasteiger partial charge < -0.3 is 10.0 Å². The smallest absolute Gasteiger partial charge is 0.294 e. The fourth-order valence-corrected chi connectivity index (χ4v) is 2.05. The minimum atomic E-state index is -0.694. The fraction of sp³-hybridized carbons (Fsp3) is 0.455. The molecule has 0 bridgehead atoms. The highest BCUT2D eigenvalue weighted by molar-refractivity contribution is 6.31. The van der Waals surface area contributed by atoms with Crippen molar-refractivity contribution in [1.29, 1.82) is 0 Å². The predicted molar refractivity (Wildman–Crippen MR) is 65.5 cm³/mol. The summed E-state index contributed by atoms with van der Waals surface area (Å²) in [6.45, 7) is 0.102. The summed E-state index contributed by atoms with van der Waals surface area (Å²) in [7, 11) is 0. The second-order valence-corrected chi connectivity index (χ2v) is 4.57. The van der Waals surface area contributed by atoms with E-state index in [1.165, 1.54) is 0 Å². The molecule has 1 saturated carbocycles. The van der Waals surface area contributed by atoms with Crippen LogP contribution in [-0.4, -0.2) is 29.2 Å². The molecule has 1 aromatic carbocycles. The Morgan fingerprint density at radius 1 is 1.56 bits per heavy atom. The minimum absolute atomic E-state index is 0.136. The number of nitro benzene ring substituents is 1. The fourth-order valence-electron chi connectivity index (χ4n) is 1.90. The van der Waals surface area contributed by atoms with Gasteiger partial charge in [-0.1, -0.05) is 11.6 Å². The highest BCUT2D eigenvalue weighted by atomic mass is 35.5. The van der Waals surface area contributed by atoms with Gasteiger partial charge in [-0.15, -0.1) is 0 Å². The molecule has 0 amide bonds. The summed E-state index contributed by atoms with van der Waals surface area (Å²) in [6.07, 6.45) is 1.78. The quantitative estimate of drug-likeness (QED) is 0.661. The monoisotopic (exact) mass is 274 g/mol. The number of hydrogen-bond donors (Lipinski definition) is 1. The molecule has 0 saturated heterocycles. The lowest BCUT2D eigenvalue weighted by atomic mass is 10.2. The third-order valence-electron chi connectivity index (χ3n) is 2.85. The van der Waals surface area contributed by atoms with Crippen molar-refractivity contribution in [3.63, 3.8) is 0 Å². The Morgan fingerprint density at radius 2 is 2.22 bits per heavy atom. The third-order valence-corrected chi connectivity index (χ3v) is 3.14. The summed E-state index contributed by atoms with van der Waals surface area (Å²) in [5.74, 6) is -0.694. The Balaban J connectivity index is 2.45. The summed E-state index contributed by atoms with van der Waals surface area (Å²) < 4.78 is 13.5. The van der Waals surface area contributed by atoms with Gasteiger partial charge in [-0.05, 0) is 12.8 Å². The molecule has 0 unspecified atom stereocenters. The summed E-state index contributed by atoms with van der Waals surface area (Å²) in [4.78, 5) is 12.0. The Kier molecular flexibility index (Phi) is 3.68. The number of benzene rings is 1. The average Bonchev–Trinajstić information content (AvgIpc) is 3.13. The van der Waals surface area contributed by atoms with Crippen LogP contribution in [-0.2, 0) is 0 Å². The molecule has 0 spiro atoms. The number of hydrogen-bond acceptors (Lipinski definition) is 4. The van der Waals surface area contributed by atoms with Crippen molar-refractivity contribution in [2.24, 2.45) is 0 Å². The number of nitrogens with zero attached hydrogens (tertiary/aromatic N) is 2. The van der Waals surface area contributed by atoms with Crippen LogP contribution in [0.25, 0.3) is 0 Å². The highest BCUT2D eigenvalue weighted by Crippen LogP contribution is 2.38. The maximum Gasteiger partial charge on any atom is 0.294 e. The Hall–Kier alpha value is -1.40. The molecule has 1 aromatic rings. The van der Waals surface area contributed by atoms with Crippen LogP contribution < -0.4 is 4.90 Å². The Labute approximate surface area is 108 Å². The van der Waals surface area contributed by atoms with Gasteiger partial charge in [0.1, 0.15) is 11.5 Å². The maximum absolute atomic E-state index is 13.5. The molecule has 1 aliphatic carbocycles. The van der Waals surface area contributed by atoms with E-state index < -0.39 is 10.7 Å². The van der Waals surface area contributed by atoms with E-state index >= 15 is 0 Å². The van der Waals surface area contributed by atoms with E-state index in [-0.39, 0.29) is 35.6 Å². The first-order chi connectivity index (χ1) is 8.54. The second-order valence-electron chi connectivity index (χ2n) is 4.16. The molecular formula is C11H12ClFN2O3. The molecule has 0 atom stereocenters. The van der Waals surface area contributed by atoms with Crippen molar-refractivity contribution in [2.75, 3.05) is 18.1 Å². The van der Waals surface area contributed by atoms with Crippen LogP contribution in [0.2, 0.25) is 5.02 Å². The van der Waals surface area contributed by atoms with E-state index in [2.05, 4.69) is 0 Å². The maximum atomic E-state index is 13.5. The van der Waals surface area contributed by atoms with Crippen LogP contribution in [0.15, 0.2) is 12.1 Å². The van der Waals surface area contributed by atoms with Gasteiger partial charge in [0.2, 0.25) is 0 Å². The molecule has 1 fully saturated rings.